The first-order chi connectivity index (χ1) is 10.7. The summed E-state index contributed by atoms with van der Waals surface area (Å²) in [5.41, 5.74) is 1.59. The predicted molar refractivity (Wildman–Crippen MR) is 89.4 cm³/mol. The second kappa shape index (κ2) is 8.01. The summed E-state index contributed by atoms with van der Waals surface area (Å²) in [6, 6.07) is 16.4. The number of nitrogens with one attached hydrogen (secondary N) is 1. The maximum Gasteiger partial charge on any atom is 0.248 e. The number of rotatable bonds is 5. The van der Waals surface area contributed by atoms with Gasteiger partial charge in [-0.1, -0.05) is 34.1 Å². The third kappa shape index (κ3) is 4.76. The molecule has 0 bridgehead atoms. The van der Waals surface area contributed by atoms with Crippen LogP contribution in [0.3, 0.4) is 0 Å². The number of nitriles is 1. The lowest BCUT2D eigenvalue weighted by Gasteiger charge is -2.04. The van der Waals surface area contributed by atoms with Crippen molar-refractivity contribution in [1.29, 1.82) is 5.26 Å². The molecule has 22 heavy (non-hydrogen) atoms. The van der Waals surface area contributed by atoms with Crippen molar-refractivity contribution >= 4 is 33.6 Å². The highest BCUT2D eigenvalue weighted by Gasteiger charge is 2.00. The Morgan fingerprint density at radius 3 is 2.64 bits per heavy atom. The maximum atomic E-state index is 11.9. The molecule has 2 rings (SSSR count). The third-order valence-electron chi connectivity index (χ3n) is 2.74. The normalized spacial score (nSPS) is 10.2. The summed E-state index contributed by atoms with van der Waals surface area (Å²) in [4.78, 5) is 11.9. The number of anilines is 1. The molecular weight excluding hydrogens is 344 g/mol. The Morgan fingerprint density at radius 2 is 1.95 bits per heavy atom. The molecule has 0 radical (unpaired) electrons. The van der Waals surface area contributed by atoms with E-state index in [4.69, 9.17) is 10.00 Å². The number of carbonyl (C=O) groups excluding carboxylic acids is 1. The van der Waals surface area contributed by atoms with Crippen molar-refractivity contribution in [2.75, 3.05) is 11.9 Å². The van der Waals surface area contributed by atoms with Crippen molar-refractivity contribution in [1.82, 2.24) is 0 Å². The van der Waals surface area contributed by atoms with Gasteiger partial charge in [0.25, 0.3) is 0 Å². The highest BCUT2D eigenvalue weighted by Crippen LogP contribution is 2.18. The molecule has 0 fully saturated rings. The number of hydrogen-bond donors (Lipinski definition) is 1. The topological polar surface area (TPSA) is 62.1 Å². The quantitative estimate of drug-likeness (QED) is 0.823. The van der Waals surface area contributed by atoms with E-state index in [2.05, 4.69) is 21.2 Å². The van der Waals surface area contributed by atoms with Gasteiger partial charge in [0.2, 0.25) is 5.91 Å². The first-order valence-electron chi connectivity index (χ1n) is 6.52. The molecule has 0 atom stereocenters. The summed E-state index contributed by atoms with van der Waals surface area (Å²) in [7, 11) is 0. The van der Waals surface area contributed by atoms with Crippen molar-refractivity contribution < 1.29 is 9.53 Å². The molecule has 1 amide bonds. The van der Waals surface area contributed by atoms with E-state index < -0.39 is 0 Å². The van der Waals surface area contributed by atoms with Gasteiger partial charge in [-0.2, -0.15) is 5.26 Å². The molecular formula is C17H13BrN2O2. The Hall–Kier alpha value is -2.58. The van der Waals surface area contributed by atoms with Crippen molar-refractivity contribution in [2.24, 2.45) is 0 Å². The van der Waals surface area contributed by atoms with E-state index in [9.17, 15) is 4.79 Å². The summed E-state index contributed by atoms with van der Waals surface area (Å²) >= 11 is 3.42. The van der Waals surface area contributed by atoms with Crippen LogP contribution in [0, 0.1) is 11.3 Å². The molecule has 0 aliphatic carbocycles. The molecule has 0 aliphatic rings. The van der Waals surface area contributed by atoms with Crippen LogP contribution < -0.4 is 10.1 Å². The Bertz CT molecular complexity index is 718. The first-order valence-corrected chi connectivity index (χ1v) is 7.32. The Morgan fingerprint density at radius 1 is 1.23 bits per heavy atom. The molecule has 0 aromatic heterocycles. The van der Waals surface area contributed by atoms with Crippen LogP contribution in [-0.4, -0.2) is 12.5 Å². The van der Waals surface area contributed by atoms with Gasteiger partial charge in [0.05, 0.1) is 0 Å². The predicted octanol–water partition coefficient (Wildman–Crippen LogP) is 4.00. The van der Waals surface area contributed by atoms with E-state index >= 15 is 0 Å². The third-order valence-corrected chi connectivity index (χ3v) is 3.47. The van der Waals surface area contributed by atoms with Gasteiger partial charge in [-0.3, -0.25) is 4.79 Å². The summed E-state index contributed by atoms with van der Waals surface area (Å²) in [6.45, 7) is 0.000394. The van der Waals surface area contributed by atoms with Gasteiger partial charge in [-0.15, -0.1) is 0 Å². The zero-order valence-corrected chi connectivity index (χ0v) is 13.2. The zero-order valence-electron chi connectivity index (χ0n) is 11.6. The second-order valence-electron chi connectivity index (χ2n) is 4.32. The standard InChI is InChI=1S/C17H13BrN2O2/c18-16-4-2-1-3-13(16)5-10-17(21)20-14-6-8-15(9-7-14)22-12-11-19/h1-10H,12H2,(H,20,21)/b10-5+. The number of halogens is 1. The fourth-order valence-corrected chi connectivity index (χ4v) is 2.13. The van der Waals surface area contributed by atoms with E-state index in [1.54, 1.807) is 30.3 Å². The van der Waals surface area contributed by atoms with Crippen LogP contribution in [0.2, 0.25) is 0 Å². The fraction of sp³-hybridized carbons (Fsp3) is 0.0588. The summed E-state index contributed by atoms with van der Waals surface area (Å²) in [5, 5.41) is 11.2. The zero-order chi connectivity index (χ0) is 15.8. The second-order valence-corrected chi connectivity index (χ2v) is 5.17. The first kappa shape index (κ1) is 15.8. The Balaban J connectivity index is 1.95. The minimum Gasteiger partial charge on any atom is -0.479 e. The van der Waals surface area contributed by atoms with E-state index in [0.29, 0.717) is 11.4 Å². The smallest absolute Gasteiger partial charge is 0.248 e. The molecule has 2 aromatic carbocycles. The van der Waals surface area contributed by atoms with Crippen LogP contribution in [-0.2, 0) is 4.79 Å². The van der Waals surface area contributed by atoms with Crippen LogP contribution >= 0.6 is 15.9 Å². The molecule has 0 saturated heterocycles. The average molecular weight is 357 g/mol. The summed E-state index contributed by atoms with van der Waals surface area (Å²) in [6.07, 6.45) is 3.21. The average Bonchev–Trinajstić information content (AvgIpc) is 2.53. The van der Waals surface area contributed by atoms with Crippen molar-refractivity contribution in [2.45, 2.75) is 0 Å². The number of carbonyl (C=O) groups is 1. The van der Waals surface area contributed by atoms with Crippen LogP contribution in [0.15, 0.2) is 59.1 Å². The van der Waals surface area contributed by atoms with Gasteiger partial charge >= 0.3 is 0 Å². The molecule has 0 aliphatic heterocycles. The van der Waals surface area contributed by atoms with Gasteiger partial charge in [0.1, 0.15) is 11.8 Å². The molecule has 0 heterocycles. The number of nitrogens with zero attached hydrogens (tertiary/aromatic N) is 1. The molecule has 4 nitrogen and oxygen atoms in total. The SMILES string of the molecule is N#CCOc1ccc(NC(=O)/C=C/c2ccccc2Br)cc1. The lowest BCUT2D eigenvalue weighted by atomic mass is 10.2. The molecule has 1 N–H and O–H groups in total. The summed E-state index contributed by atoms with van der Waals surface area (Å²) < 4.78 is 6.07. The number of ether oxygens (including phenoxy) is 1. The maximum absolute atomic E-state index is 11.9. The van der Waals surface area contributed by atoms with Crippen molar-refractivity contribution in [3.8, 4) is 11.8 Å². The lowest BCUT2D eigenvalue weighted by molar-refractivity contribution is -0.111. The minimum atomic E-state index is -0.221. The van der Waals surface area contributed by atoms with E-state index in [1.807, 2.05) is 30.3 Å². The van der Waals surface area contributed by atoms with Gasteiger partial charge < -0.3 is 10.1 Å². The van der Waals surface area contributed by atoms with Crippen LogP contribution in [0.4, 0.5) is 5.69 Å². The van der Waals surface area contributed by atoms with E-state index in [0.717, 1.165) is 10.0 Å². The van der Waals surface area contributed by atoms with E-state index in [-0.39, 0.29) is 12.5 Å². The Labute approximate surface area is 137 Å². The van der Waals surface area contributed by atoms with Gasteiger partial charge in [-0.05, 0) is 42.0 Å². The molecule has 0 spiro atoms. The van der Waals surface area contributed by atoms with Gasteiger partial charge in [-0.25, -0.2) is 0 Å². The van der Waals surface area contributed by atoms with Crippen LogP contribution in [0.1, 0.15) is 5.56 Å². The monoisotopic (exact) mass is 356 g/mol. The lowest BCUT2D eigenvalue weighted by Crippen LogP contribution is -2.07. The van der Waals surface area contributed by atoms with E-state index in [1.165, 1.54) is 6.08 Å². The highest BCUT2D eigenvalue weighted by atomic mass is 79.9. The fourth-order valence-electron chi connectivity index (χ4n) is 1.71. The summed E-state index contributed by atoms with van der Waals surface area (Å²) in [5.74, 6) is 0.366. The number of amides is 1. The number of benzene rings is 2. The molecule has 0 unspecified atom stereocenters. The molecule has 5 heteroatoms. The van der Waals surface area contributed by atoms with Gasteiger partial charge in [0, 0.05) is 16.2 Å². The van der Waals surface area contributed by atoms with Crippen molar-refractivity contribution in [3.63, 3.8) is 0 Å². The van der Waals surface area contributed by atoms with Crippen molar-refractivity contribution in [3.05, 3.63) is 64.6 Å². The highest BCUT2D eigenvalue weighted by molar-refractivity contribution is 9.10. The largest absolute Gasteiger partial charge is 0.479 e. The van der Waals surface area contributed by atoms with Crippen LogP contribution in [0.25, 0.3) is 6.08 Å². The molecule has 2 aromatic rings. The Kier molecular flexibility index (Phi) is 5.75. The minimum absolute atomic E-state index is 0.000394. The molecule has 0 saturated carbocycles. The van der Waals surface area contributed by atoms with Gasteiger partial charge in [0.15, 0.2) is 6.61 Å². The number of hydrogen-bond acceptors (Lipinski definition) is 3. The molecule has 110 valence electrons. The van der Waals surface area contributed by atoms with Crippen LogP contribution in [0.5, 0.6) is 5.75 Å².